The van der Waals surface area contributed by atoms with Crippen LogP contribution < -0.4 is 57.1 Å². The Bertz CT molecular complexity index is 549. The molecular formula is C18H24I2N2O. The third-order valence-electron chi connectivity index (χ3n) is 4.99. The van der Waals surface area contributed by atoms with Gasteiger partial charge in [-0.25, -0.2) is 0 Å². The van der Waals surface area contributed by atoms with Gasteiger partial charge < -0.3 is 52.7 Å². The molecule has 0 bridgehead atoms. The van der Waals surface area contributed by atoms with E-state index in [-0.39, 0.29) is 59.2 Å². The molecule has 0 N–H and O–H groups in total. The molecule has 0 amide bonds. The van der Waals surface area contributed by atoms with Gasteiger partial charge in [0.15, 0.2) is 30.4 Å². The Hall–Kier alpha value is -0.280. The van der Waals surface area contributed by atoms with Gasteiger partial charge in [0.1, 0.15) is 6.42 Å². The summed E-state index contributed by atoms with van der Waals surface area (Å²) in [5.41, 5.74) is -0.371. The largest absolute Gasteiger partial charge is 1.00 e. The molecule has 1 aliphatic rings. The zero-order chi connectivity index (χ0) is 14.8. The molecule has 0 radical (unpaired) electrons. The number of hydrogen-bond acceptors (Lipinski definition) is 1. The van der Waals surface area contributed by atoms with E-state index >= 15 is 0 Å². The van der Waals surface area contributed by atoms with Crippen molar-refractivity contribution in [3.63, 3.8) is 0 Å². The van der Waals surface area contributed by atoms with E-state index in [1.807, 2.05) is 0 Å². The Morgan fingerprint density at radius 3 is 1.61 bits per heavy atom. The van der Waals surface area contributed by atoms with E-state index in [1.54, 1.807) is 0 Å². The van der Waals surface area contributed by atoms with Crippen molar-refractivity contribution in [2.75, 3.05) is 6.61 Å². The van der Waals surface area contributed by atoms with E-state index < -0.39 is 0 Å². The van der Waals surface area contributed by atoms with Gasteiger partial charge in [0.25, 0.3) is 0 Å². The third kappa shape index (κ3) is 3.28. The fourth-order valence-corrected chi connectivity index (χ4v) is 3.91. The topological polar surface area (TPSA) is 17.0 Å². The first-order valence-electron chi connectivity index (χ1n) is 7.86. The lowest BCUT2D eigenvalue weighted by Gasteiger charge is -2.33. The standard InChI is InChI=1S/C18H24N2O.2HI/c1-3-17(4-2)18(11-16-21-17,19-12-7-5-8-13-19)20-14-9-6-10-15-20;;/h5-10,12-15H,3-4,11,16H2,1-2H3;2*1H/q+2;;/p-2. The molecule has 2 aromatic heterocycles. The number of nitrogens with zero attached hydrogens (tertiary/aromatic N) is 2. The van der Waals surface area contributed by atoms with Crippen LogP contribution in [0, 0.1) is 0 Å². The van der Waals surface area contributed by atoms with Crippen LogP contribution in [0.1, 0.15) is 33.1 Å². The highest BCUT2D eigenvalue weighted by atomic mass is 127. The maximum Gasteiger partial charge on any atom is 0.392 e. The van der Waals surface area contributed by atoms with Crippen molar-refractivity contribution in [3.05, 3.63) is 61.2 Å². The predicted molar refractivity (Wildman–Crippen MR) is 80.5 cm³/mol. The van der Waals surface area contributed by atoms with Gasteiger partial charge in [-0.1, -0.05) is 26.0 Å². The van der Waals surface area contributed by atoms with Crippen molar-refractivity contribution in [2.24, 2.45) is 0 Å². The number of halogens is 2. The Labute approximate surface area is 173 Å². The molecule has 0 aromatic carbocycles. The van der Waals surface area contributed by atoms with Crippen molar-refractivity contribution in [1.82, 2.24) is 0 Å². The van der Waals surface area contributed by atoms with E-state index in [0.717, 1.165) is 25.9 Å². The van der Waals surface area contributed by atoms with Gasteiger partial charge in [-0.2, -0.15) is 0 Å². The zero-order valence-corrected chi connectivity index (χ0v) is 18.0. The van der Waals surface area contributed by atoms with Gasteiger partial charge >= 0.3 is 5.66 Å². The van der Waals surface area contributed by atoms with Crippen molar-refractivity contribution >= 4 is 0 Å². The summed E-state index contributed by atoms with van der Waals surface area (Å²) in [6.45, 7) is 5.26. The lowest BCUT2D eigenvalue weighted by Crippen LogP contribution is -3.00. The van der Waals surface area contributed by atoms with E-state index in [0.29, 0.717) is 0 Å². The Kier molecular flexibility index (Phi) is 7.86. The minimum Gasteiger partial charge on any atom is -1.00 e. The molecule has 2 aromatic rings. The summed E-state index contributed by atoms with van der Waals surface area (Å²) in [5.74, 6) is 0. The van der Waals surface area contributed by atoms with Crippen LogP contribution in [0.3, 0.4) is 0 Å². The average molecular weight is 538 g/mol. The van der Waals surface area contributed by atoms with E-state index in [1.165, 1.54) is 0 Å². The Balaban J connectivity index is 0.00000132. The normalized spacial score (nSPS) is 17.8. The number of pyridine rings is 2. The molecule has 1 saturated heterocycles. The summed E-state index contributed by atoms with van der Waals surface area (Å²) in [6.07, 6.45) is 11.6. The maximum absolute atomic E-state index is 6.32. The van der Waals surface area contributed by atoms with Crippen molar-refractivity contribution in [2.45, 2.75) is 44.4 Å². The first-order valence-corrected chi connectivity index (χ1v) is 7.86. The molecule has 1 aliphatic heterocycles. The molecule has 0 unspecified atom stereocenters. The van der Waals surface area contributed by atoms with Gasteiger partial charge in [0.05, 0.1) is 6.61 Å². The number of aromatic nitrogens is 2. The quantitative estimate of drug-likeness (QED) is 0.292. The molecule has 0 saturated carbocycles. The summed E-state index contributed by atoms with van der Waals surface area (Å²) in [6, 6.07) is 12.5. The second-order valence-corrected chi connectivity index (χ2v) is 5.68. The second kappa shape index (κ2) is 8.71. The molecular weight excluding hydrogens is 514 g/mol. The van der Waals surface area contributed by atoms with Crippen LogP contribution >= 0.6 is 0 Å². The number of ether oxygens (including phenoxy) is 1. The third-order valence-corrected chi connectivity index (χ3v) is 4.99. The number of rotatable bonds is 4. The monoisotopic (exact) mass is 538 g/mol. The SMILES string of the molecule is CCC1(CC)OCCC1([n+]1ccccc1)[n+]1ccccc1.[I-].[I-]. The Morgan fingerprint density at radius 2 is 1.22 bits per heavy atom. The van der Waals surface area contributed by atoms with Crippen LogP contribution in [0.4, 0.5) is 0 Å². The predicted octanol–water partition coefficient (Wildman–Crippen LogP) is -3.55. The lowest BCUT2D eigenvalue weighted by molar-refractivity contribution is -1.00. The van der Waals surface area contributed by atoms with Gasteiger partial charge in [-0.15, -0.1) is 9.13 Å². The van der Waals surface area contributed by atoms with Crippen molar-refractivity contribution in [3.8, 4) is 0 Å². The molecule has 5 heteroatoms. The first-order chi connectivity index (χ1) is 10.3. The smallest absolute Gasteiger partial charge is 0.392 e. The summed E-state index contributed by atoms with van der Waals surface area (Å²) in [5, 5.41) is 0. The summed E-state index contributed by atoms with van der Waals surface area (Å²) in [4.78, 5) is 0. The van der Waals surface area contributed by atoms with Crippen LogP contribution in [-0.4, -0.2) is 12.2 Å². The zero-order valence-electron chi connectivity index (χ0n) is 13.7. The summed E-state index contributed by atoms with van der Waals surface area (Å²) >= 11 is 0. The Morgan fingerprint density at radius 1 is 0.783 bits per heavy atom. The van der Waals surface area contributed by atoms with Crippen molar-refractivity contribution < 1.29 is 61.8 Å². The molecule has 126 valence electrons. The highest BCUT2D eigenvalue weighted by molar-refractivity contribution is 4.96. The van der Waals surface area contributed by atoms with E-state index in [9.17, 15) is 0 Å². The highest BCUT2D eigenvalue weighted by Gasteiger charge is 2.69. The minimum atomic E-state index is -0.195. The second-order valence-electron chi connectivity index (χ2n) is 5.68. The molecule has 3 nitrogen and oxygen atoms in total. The molecule has 0 atom stereocenters. The van der Waals surface area contributed by atoms with Gasteiger partial charge in [-0.05, 0) is 12.8 Å². The van der Waals surface area contributed by atoms with Crippen LogP contribution in [0.2, 0.25) is 0 Å². The van der Waals surface area contributed by atoms with Crippen molar-refractivity contribution in [1.29, 1.82) is 0 Å². The highest BCUT2D eigenvalue weighted by Crippen LogP contribution is 2.41. The van der Waals surface area contributed by atoms with E-state index in [4.69, 9.17) is 4.74 Å². The minimum absolute atomic E-state index is 0. The summed E-state index contributed by atoms with van der Waals surface area (Å²) in [7, 11) is 0. The van der Waals surface area contributed by atoms with E-state index in [2.05, 4.69) is 84.2 Å². The number of hydrogen-bond donors (Lipinski definition) is 0. The molecule has 0 aliphatic carbocycles. The fourth-order valence-electron chi connectivity index (χ4n) is 3.91. The molecule has 3 rings (SSSR count). The first kappa shape index (κ1) is 20.8. The van der Waals surface area contributed by atoms with Crippen LogP contribution in [0.15, 0.2) is 61.2 Å². The van der Waals surface area contributed by atoms with Crippen LogP contribution in [0.5, 0.6) is 0 Å². The molecule has 3 heterocycles. The maximum atomic E-state index is 6.32. The lowest BCUT2D eigenvalue weighted by atomic mass is 9.81. The van der Waals surface area contributed by atoms with Crippen LogP contribution in [0.25, 0.3) is 0 Å². The molecule has 1 fully saturated rings. The average Bonchev–Trinajstić information content (AvgIpc) is 2.97. The summed E-state index contributed by atoms with van der Waals surface area (Å²) < 4.78 is 11.0. The van der Waals surface area contributed by atoms with Gasteiger partial charge in [-0.3, -0.25) is 0 Å². The van der Waals surface area contributed by atoms with Gasteiger partial charge in [0.2, 0.25) is 0 Å². The van der Waals surface area contributed by atoms with Crippen LogP contribution in [-0.2, 0) is 10.4 Å². The molecule has 0 spiro atoms. The molecule has 23 heavy (non-hydrogen) atoms. The fraction of sp³-hybridized carbons (Fsp3) is 0.444. The van der Waals surface area contributed by atoms with Gasteiger partial charge in [0, 0.05) is 24.3 Å².